The van der Waals surface area contributed by atoms with Crippen LogP contribution >= 0.6 is 0 Å². The Hall–Kier alpha value is -2.04. The molecule has 5 nitrogen and oxygen atoms in total. The van der Waals surface area contributed by atoms with Gasteiger partial charge in [0.05, 0.1) is 6.54 Å². The predicted molar refractivity (Wildman–Crippen MR) is 76.2 cm³/mol. The quantitative estimate of drug-likeness (QED) is 0.779. The predicted octanol–water partition coefficient (Wildman–Crippen LogP) is 1.85. The Morgan fingerprint density at radius 2 is 1.79 bits per heavy atom. The monoisotopic (exact) mass is 263 g/mol. The van der Waals surface area contributed by atoms with Crippen LogP contribution in [0.5, 0.6) is 0 Å². The van der Waals surface area contributed by atoms with Gasteiger partial charge in [0, 0.05) is 12.7 Å². The fourth-order valence-corrected chi connectivity index (χ4v) is 1.66. The minimum atomic E-state index is -0.389. The van der Waals surface area contributed by atoms with Crippen molar-refractivity contribution in [2.75, 3.05) is 18.9 Å². The second-order valence-corrected chi connectivity index (χ2v) is 5.28. The van der Waals surface area contributed by atoms with Crippen molar-refractivity contribution in [1.29, 1.82) is 0 Å². The van der Waals surface area contributed by atoms with E-state index >= 15 is 0 Å². The van der Waals surface area contributed by atoms with Crippen molar-refractivity contribution in [1.82, 2.24) is 10.6 Å². The number of urea groups is 1. The molecule has 0 unspecified atom stereocenters. The van der Waals surface area contributed by atoms with E-state index in [4.69, 9.17) is 0 Å². The van der Waals surface area contributed by atoms with E-state index in [9.17, 15) is 9.59 Å². The third-order valence-electron chi connectivity index (χ3n) is 2.67. The summed E-state index contributed by atoms with van der Waals surface area (Å²) in [4.78, 5) is 22.8. The fourth-order valence-electron chi connectivity index (χ4n) is 1.66. The Bertz CT molecular complexity index is 464. The molecular formula is C14H21N3O2. The van der Waals surface area contributed by atoms with Gasteiger partial charge in [-0.05, 0) is 17.0 Å². The third-order valence-corrected chi connectivity index (χ3v) is 2.67. The summed E-state index contributed by atoms with van der Waals surface area (Å²) in [6.45, 7) is 6.20. The van der Waals surface area contributed by atoms with Crippen LogP contribution in [0.25, 0.3) is 0 Å². The molecule has 0 saturated heterocycles. The average Bonchev–Trinajstić information content (AvgIpc) is 2.35. The van der Waals surface area contributed by atoms with Gasteiger partial charge in [0.2, 0.25) is 5.91 Å². The molecule has 3 amide bonds. The number of benzene rings is 1. The lowest BCUT2D eigenvalue weighted by molar-refractivity contribution is -0.119. The molecular weight excluding hydrogens is 242 g/mol. The van der Waals surface area contributed by atoms with Crippen molar-refractivity contribution in [3.05, 3.63) is 29.8 Å². The van der Waals surface area contributed by atoms with Crippen molar-refractivity contribution in [3.8, 4) is 0 Å². The van der Waals surface area contributed by atoms with Crippen LogP contribution in [-0.4, -0.2) is 25.5 Å². The molecule has 5 heteroatoms. The summed E-state index contributed by atoms with van der Waals surface area (Å²) in [6.07, 6.45) is 0. The zero-order valence-electron chi connectivity index (χ0n) is 11.8. The van der Waals surface area contributed by atoms with Gasteiger partial charge in [-0.25, -0.2) is 4.79 Å². The fraction of sp³-hybridized carbons (Fsp3) is 0.429. The average molecular weight is 263 g/mol. The molecule has 0 aliphatic carbocycles. The van der Waals surface area contributed by atoms with E-state index in [1.165, 1.54) is 7.05 Å². The van der Waals surface area contributed by atoms with E-state index in [-0.39, 0.29) is 23.9 Å². The van der Waals surface area contributed by atoms with Crippen LogP contribution in [0.3, 0.4) is 0 Å². The first-order valence-corrected chi connectivity index (χ1v) is 6.19. The van der Waals surface area contributed by atoms with E-state index in [2.05, 4.69) is 36.7 Å². The minimum Gasteiger partial charge on any atom is -0.358 e. The molecule has 0 spiro atoms. The van der Waals surface area contributed by atoms with Crippen LogP contribution in [0.2, 0.25) is 0 Å². The van der Waals surface area contributed by atoms with Crippen LogP contribution < -0.4 is 16.0 Å². The number of carbonyl (C=O) groups excluding carboxylic acids is 2. The SMILES string of the molecule is CNC(=O)CNC(=O)Nc1ccccc1C(C)(C)C. The lowest BCUT2D eigenvalue weighted by Gasteiger charge is -2.23. The third kappa shape index (κ3) is 4.62. The number of rotatable bonds is 3. The largest absolute Gasteiger partial charge is 0.358 e. The molecule has 0 bridgehead atoms. The minimum absolute atomic E-state index is 0.0416. The number of hydrogen-bond acceptors (Lipinski definition) is 2. The number of carbonyl (C=O) groups is 2. The van der Waals surface area contributed by atoms with Gasteiger partial charge in [0.1, 0.15) is 0 Å². The molecule has 0 heterocycles. The van der Waals surface area contributed by atoms with Crippen LogP contribution in [0.4, 0.5) is 10.5 Å². The molecule has 0 aliphatic heterocycles. The van der Waals surface area contributed by atoms with Crippen molar-refractivity contribution in [3.63, 3.8) is 0 Å². The highest BCUT2D eigenvalue weighted by Crippen LogP contribution is 2.28. The molecule has 1 aromatic rings. The maximum absolute atomic E-state index is 11.7. The maximum Gasteiger partial charge on any atom is 0.319 e. The van der Waals surface area contributed by atoms with E-state index < -0.39 is 0 Å². The van der Waals surface area contributed by atoms with Crippen molar-refractivity contribution < 1.29 is 9.59 Å². The summed E-state index contributed by atoms with van der Waals surface area (Å²) in [5.41, 5.74) is 1.74. The molecule has 0 atom stereocenters. The van der Waals surface area contributed by atoms with Crippen molar-refractivity contribution in [2.24, 2.45) is 0 Å². The number of nitrogens with one attached hydrogen (secondary N) is 3. The summed E-state index contributed by atoms with van der Waals surface area (Å²) in [7, 11) is 1.52. The zero-order valence-corrected chi connectivity index (χ0v) is 11.8. The first-order chi connectivity index (χ1) is 8.84. The first kappa shape index (κ1) is 15.0. The van der Waals surface area contributed by atoms with Gasteiger partial charge >= 0.3 is 6.03 Å². The molecule has 0 fully saturated rings. The summed E-state index contributed by atoms with van der Waals surface area (Å²) >= 11 is 0. The standard InChI is InChI=1S/C14H21N3O2/c1-14(2,3)10-7-5-6-8-11(10)17-13(19)16-9-12(18)15-4/h5-8H,9H2,1-4H3,(H,15,18)(H2,16,17,19). The van der Waals surface area contributed by atoms with Crippen LogP contribution in [0.1, 0.15) is 26.3 Å². The summed E-state index contributed by atoms with van der Waals surface area (Å²) < 4.78 is 0. The zero-order chi connectivity index (χ0) is 14.5. The summed E-state index contributed by atoms with van der Waals surface area (Å²) in [5, 5.41) is 7.70. The molecule has 1 aromatic carbocycles. The lowest BCUT2D eigenvalue weighted by atomic mass is 9.86. The normalized spacial score (nSPS) is 10.7. The highest BCUT2D eigenvalue weighted by molar-refractivity contribution is 5.93. The van der Waals surface area contributed by atoms with Gasteiger partial charge in [-0.15, -0.1) is 0 Å². The lowest BCUT2D eigenvalue weighted by Crippen LogP contribution is -2.37. The van der Waals surface area contributed by atoms with Crippen molar-refractivity contribution in [2.45, 2.75) is 26.2 Å². The number of amides is 3. The van der Waals surface area contributed by atoms with E-state index in [1.807, 2.05) is 24.3 Å². The molecule has 19 heavy (non-hydrogen) atoms. The molecule has 104 valence electrons. The molecule has 3 N–H and O–H groups in total. The van der Waals surface area contributed by atoms with Gasteiger partial charge in [-0.1, -0.05) is 39.0 Å². The van der Waals surface area contributed by atoms with Gasteiger partial charge in [0.25, 0.3) is 0 Å². The van der Waals surface area contributed by atoms with Crippen LogP contribution in [0, 0.1) is 0 Å². The number of anilines is 1. The number of para-hydroxylation sites is 1. The highest BCUT2D eigenvalue weighted by atomic mass is 16.2. The first-order valence-electron chi connectivity index (χ1n) is 6.19. The number of hydrogen-bond donors (Lipinski definition) is 3. The van der Waals surface area contributed by atoms with Crippen molar-refractivity contribution >= 4 is 17.6 Å². The Kier molecular flexibility index (Phi) is 4.92. The van der Waals surface area contributed by atoms with Gasteiger partial charge in [-0.2, -0.15) is 0 Å². The van der Waals surface area contributed by atoms with Gasteiger partial charge < -0.3 is 16.0 Å². The molecule has 0 aromatic heterocycles. The summed E-state index contributed by atoms with van der Waals surface area (Å²) in [6, 6.07) is 7.24. The van der Waals surface area contributed by atoms with E-state index in [0.717, 1.165) is 11.3 Å². The highest BCUT2D eigenvalue weighted by Gasteiger charge is 2.18. The second-order valence-electron chi connectivity index (χ2n) is 5.28. The molecule has 1 rings (SSSR count). The van der Waals surface area contributed by atoms with Gasteiger partial charge in [0.15, 0.2) is 0 Å². The second kappa shape index (κ2) is 6.22. The summed E-state index contributed by atoms with van der Waals surface area (Å²) in [5.74, 6) is -0.237. The Morgan fingerprint density at radius 1 is 1.16 bits per heavy atom. The smallest absolute Gasteiger partial charge is 0.319 e. The molecule has 0 radical (unpaired) electrons. The van der Waals surface area contributed by atoms with Crippen LogP contribution in [-0.2, 0) is 10.2 Å². The van der Waals surface area contributed by atoms with Crippen LogP contribution in [0.15, 0.2) is 24.3 Å². The van der Waals surface area contributed by atoms with E-state index in [1.54, 1.807) is 0 Å². The Morgan fingerprint density at radius 3 is 2.37 bits per heavy atom. The van der Waals surface area contributed by atoms with E-state index in [0.29, 0.717) is 0 Å². The Labute approximate surface area is 113 Å². The van der Waals surface area contributed by atoms with Gasteiger partial charge in [-0.3, -0.25) is 4.79 Å². The molecule has 0 saturated carbocycles. The Balaban J connectivity index is 2.72. The maximum atomic E-state index is 11.7. The topological polar surface area (TPSA) is 70.2 Å². The number of likely N-dealkylation sites (N-methyl/N-ethyl adjacent to an activating group) is 1. The molecule has 0 aliphatic rings.